The number of hydrogen-bond donors (Lipinski definition) is 4. The molecule has 0 saturated carbocycles. The molecule has 1 atom stereocenters. The van der Waals surface area contributed by atoms with Gasteiger partial charge in [-0.2, -0.15) is 5.10 Å². The molecule has 0 spiro atoms. The normalized spacial score (nSPS) is 11.8. The van der Waals surface area contributed by atoms with Crippen molar-refractivity contribution in [1.29, 1.82) is 0 Å². The van der Waals surface area contributed by atoms with Gasteiger partial charge in [0.1, 0.15) is 0 Å². The van der Waals surface area contributed by atoms with Gasteiger partial charge in [-0.3, -0.25) is 5.10 Å². The number of carboxylic acids is 1. The summed E-state index contributed by atoms with van der Waals surface area (Å²) in [5.41, 5.74) is 0.804. The van der Waals surface area contributed by atoms with E-state index in [0.717, 1.165) is 5.56 Å². The maximum atomic E-state index is 11.6. The minimum absolute atomic E-state index is 0.277. The van der Waals surface area contributed by atoms with Crippen LogP contribution in [0.25, 0.3) is 0 Å². The molecule has 7 nitrogen and oxygen atoms in total. The standard InChI is InChI=1S/C11H12N4O3S/c16-10(17)9(8-2-1-3-19-8)15-11(18)12-4-7-5-13-14-6-7/h1-3,5-6,9H,4H2,(H,13,14)(H,16,17)(H2,12,15,18). The van der Waals surface area contributed by atoms with Crippen molar-refractivity contribution in [3.05, 3.63) is 40.3 Å². The van der Waals surface area contributed by atoms with E-state index in [1.54, 1.807) is 29.9 Å². The van der Waals surface area contributed by atoms with E-state index in [2.05, 4.69) is 20.8 Å². The number of aromatic nitrogens is 2. The van der Waals surface area contributed by atoms with Gasteiger partial charge in [0.15, 0.2) is 6.04 Å². The van der Waals surface area contributed by atoms with Crippen LogP contribution in [0.3, 0.4) is 0 Å². The van der Waals surface area contributed by atoms with Gasteiger partial charge in [0.25, 0.3) is 0 Å². The number of aromatic amines is 1. The summed E-state index contributed by atoms with van der Waals surface area (Å²) in [7, 11) is 0. The van der Waals surface area contributed by atoms with Crippen molar-refractivity contribution < 1.29 is 14.7 Å². The van der Waals surface area contributed by atoms with E-state index in [1.807, 2.05) is 0 Å². The van der Waals surface area contributed by atoms with Crippen molar-refractivity contribution in [2.75, 3.05) is 0 Å². The number of carbonyl (C=O) groups is 2. The fourth-order valence-electron chi connectivity index (χ4n) is 1.45. The maximum Gasteiger partial charge on any atom is 0.331 e. The van der Waals surface area contributed by atoms with E-state index in [-0.39, 0.29) is 6.54 Å². The quantitative estimate of drug-likeness (QED) is 0.657. The Hall–Kier alpha value is -2.35. The first-order valence-corrected chi connectivity index (χ1v) is 6.33. The van der Waals surface area contributed by atoms with Crippen molar-refractivity contribution in [2.24, 2.45) is 0 Å². The number of aliphatic carboxylic acids is 1. The van der Waals surface area contributed by atoms with Gasteiger partial charge in [-0.15, -0.1) is 11.3 Å². The lowest BCUT2D eigenvalue weighted by Crippen LogP contribution is -2.40. The van der Waals surface area contributed by atoms with Crippen LogP contribution < -0.4 is 10.6 Å². The van der Waals surface area contributed by atoms with Crippen molar-refractivity contribution in [2.45, 2.75) is 12.6 Å². The van der Waals surface area contributed by atoms with Gasteiger partial charge < -0.3 is 15.7 Å². The van der Waals surface area contributed by atoms with Crippen LogP contribution in [-0.2, 0) is 11.3 Å². The SMILES string of the molecule is O=C(NCc1cn[nH]c1)NC(C(=O)O)c1cccs1. The van der Waals surface area contributed by atoms with Crippen molar-refractivity contribution in [3.8, 4) is 0 Å². The average Bonchev–Trinajstić information content (AvgIpc) is 3.05. The third-order valence-electron chi connectivity index (χ3n) is 2.36. The van der Waals surface area contributed by atoms with Crippen LogP contribution in [0.2, 0.25) is 0 Å². The zero-order valence-corrected chi connectivity index (χ0v) is 10.6. The van der Waals surface area contributed by atoms with Gasteiger partial charge in [0.2, 0.25) is 0 Å². The third kappa shape index (κ3) is 3.55. The Labute approximate surface area is 112 Å². The number of hydrogen-bond acceptors (Lipinski definition) is 4. The Morgan fingerprint density at radius 3 is 2.95 bits per heavy atom. The largest absolute Gasteiger partial charge is 0.479 e. The number of nitrogens with zero attached hydrogens (tertiary/aromatic N) is 1. The molecule has 0 bridgehead atoms. The Bertz CT molecular complexity index is 538. The maximum absolute atomic E-state index is 11.6. The molecule has 2 amide bonds. The molecule has 2 heterocycles. The molecule has 0 aliphatic heterocycles. The van der Waals surface area contributed by atoms with Gasteiger partial charge >= 0.3 is 12.0 Å². The van der Waals surface area contributed by atoms with Crippen molar-refractivity contribution in [1.82, 2.24) is 20.8 Å². The second kappa shape index (κ2) is 6.01. The second-order valence-corrected chi connectivity index (χ2v) is 4.70. The molecule has 1 unspecified atom stereocenters. The molecular weight excluding hydrogens is 268 g/mol. The number of urea groups is 1. The Morgan fingerprint density at radius 1 is 1.53 bits per heavy atom. The summed E-state index contributed by atoms with van der Waals surface area (Å²) >= 11 is 1.28. The predicted molar refractivity (Wildman–Crippen MR) is 68.7 cm³/mol. The summed E-state index contributed by atoms with van der Waals surface area (Å²) in [5, 5.41) is 22.2. The zero-order valence-electron chi connectivity index (χ0n) is 9.79. The highest BCUT2D eigenvalue weighted by molar-refractivity contribution is 7.10. The number of nitrogens with one attached hydrogen (secondary N) is 3. The molecular formula is C11H12N4O3S. The molecule has 2 aromatic heterocycles. The van der Waals surface area contributed by atoms with Gasteiger partial charge in [0, 0.05) is 23.2 Å². The molecule has 2 aromatic rings. The van der Waals surface area contributed by atoms with Crippen LogP contribution in [0.15, 0.2) is 29.9 Å². The van der Waals surface area contributed by atoms with Crippen LogP contribution in [0.1, 0.15) is 16.5 Å². The van der Waals surface area contributed by atoms with E-state index < -0.39 is 18.0 Å². The van der Waals surface area contributed by atoms with Gasteiger partial charge in [0.05, 0.1) is 6.20 Å². The minimum Gasteiger partial charge on any atom is -0.479 e. The summed E-state index contributed by atoms with van der Waals surface area (Å²) in [5.74, 6) is -1.10. The molecule has 0 aliphatic rings. The van der Waals surface area contributed by atoms with Gasteiger partial charge in [-0.05, 0) is 11.4 Å². The number of thiophene rings is 1. The van der Waals surface area contributed by atoms with Crippen LogP contribution in [0.4, 0.5) is 4.79 Å². The van der Waals surface area contributed by atoms with E-state index >= 15 is 0 Å². The summed E-state index contributed by atoms with van der Waals surface area (Å²) in [6.07, 6.45) is 3.22. The zero-order chi connectivity index (χ0) is 13.7. The molecule has 0 aliphatic carbocycles. The Balaban J connectivity index is 1.90. The molecule has 0 radical (unpaired) electrons. The highest BCUT2D eigenvalue weighted by Crippen LogP contribution is 2.18. The van der Waals surface area contributed by atoms with Gasteiger partial charge in [-0.25, -0.2) is 9.59 Å². The van der Waals surface area contributed by atoms with E-state index in [4.69, 9.17) is 5.11 Å². The minimum atomic E-state index is -1.10. The van der Waals surface area contributed by atoms with E-state index in [9.17, 15) is 9.59 Å². The summed E-state index contributed by atoms with van der Waals surface area (Å²) in [4.78, 5) is 23.3. The summed E-state index contributed by atoms with van der Waals surface area (Å²) < 4.78 is 0. The van der Waals surface area contributed by atoms with Crippen molar-refractivity contribution in [3.63, 3.8) is 0 Å². The topological polar surface area (TPSA) is 107 Å². The Kier molecular flexibility index (Phi) is 4.14. The molecule has 8 heteroatoms. The van der Waals surface area contributed by atoms with E-state index in [0.29, 0.717) is 4.88 Å². The number of H-pyrrole nitrogens is 1. The van der Waals surface area contributed by atoms with Crippen LogP contribution in [-0.4, -0.2) is 27.3 Å². The summed E-state index contributed by atoms with van der Waals surface area (Å²) in [6, 6.07) is 1.83. The van der Waals surface area contributed by atoms with Crippen molar-refractivity contribution >= 4 is 23.3 Å². The number of amides is 2. The third-order valence-corrected chi connectivity index (χ3v) is 3.30. The fraction of sp³-hybridized carbons (Fsp3) is 0.182. The molecule has 2 rings (SSSR count). The lowest BCUT2D eigenvalue weighted by Gasteiger charge is -2.13. The number of carbonyl (C=O) groups excluding carboxylic acids is 1. The molecule has 100 valence electrons. The van der Waals surface area contributed by atoms with Crippen LogP contribution in [0.5, 0.6) is 0 Å². The Morgan fingerprint density at radius 2 is 2.37 bits per heavy atom. The lowest BCUT2D eigenvalue weighted by molar-refractivity contribution is -0.139. The molecule has 0 aromatic carbocycles. The van der Waals surface area contributed by atoms with E-state index in [1.165, 1.54) is 11.3 Å². The first-order chi connectivity index (χ1) is 9.16. The van der Waals surface area contributed by atoms with Crippen LogP contribution in [0, 0.1) is 0 Å². The molecule has 0 saturated heterocycles. The highest BCUT2D eigenvalue weighted by Gasteiger charge is 2.22. The fourth-order valence-corrected chi connectivity index (χ4v) is 2.22. The second-order valence-electron chi connectivity index (χ2n) is 3.72. The van der Waals surface area contributed by atoms with Crippen LogP contribution >= 0.6 is 11.3 Å². The number of carboxylic acid groups (broad SMARTS) is 1. The lowest BCUT2D eigenvalue weighted by atomic mass is 10.2. The highest BCUT2D eigenvalue weighted by atomic mass is 32.1. The monoisotopic (exact) mass is 280 g/mol. The molecule has 0 fully saturated rings. The average molecular weight is 280 g/mol. The number of rotatable bonds is 5. The smallest absolute Gasteiger partial charge is 0.331 e. The molecule has 19 heavy (non-hydrogen) atoms. The summed E-state index contributed by atoms with van der Waals surface area (Å²) in [6.45, 7) is 0.277. The molecule has 4 N–H and O–H groups in total. The van der Waals surface area contributed by atoms with Gasteiger partial charge in [-0.1, -0.05) is 6.07 Å². The first kappa shape index (κ1) is 13.1. The first-order valence-electron chi connectivity index (χ1n) is 5.45. The predicted octanol–water partition coefficient (Wildman–Crippen LogP) is 1.10.